The summed E-state index contributed by atoms with van der Waals surface area (Å²) in [6.45, 7) is 5.46. The molecule has 1 fully saturated rings. The highest BCUT2D eigenvalue weighted by atomic mass is 16.8. The Labute approximate surface area is 129 Å². The number of amides is 1. The molecule has 1 aliphatic heterocycles. The van der Waals surface area contributed by atoms with Crippen LogP contribution in [0.1, 0.15) is 25.0 Å². The van der Waals surface area contributed by atoms with E-state index >= 15 is 0 Å². The van der Waals surface area contributed by atoms with Crippen molar-refractivity contribution < 1.29 is 23.8 Å². The zero-order valence-corrected chi connectivity index (χ0v) is 13.1. The predicted molar refractivity (Wildman–Crippen MR) is 78.3 cm³/mol. The molecule has 0 bridgehead atoms. The number of hydrogen-bond acceptors (Lipinski definition) is 5. The van der Waals surface area contributed by atoms with Crippen molar-refractivity contribution in [1.82, 2.24) is 5.32 Å². The van der Waals surface area contributed by atoms with E-state index in [2.05, 4.69) is 5.32 Å². The Morgan fingerprint density at radius 2 is 1.86 bits per heavy atom. The number of cyclic esters (lactones) is 1. The number of aryl methyl sites for hydroxylation is 1. The first-order chi connectivity index (χ1) is 10.3. The van der Waals surface area contributed by atoms with Crippen molar-refractivity contribution in [2.45, 2.75) is 33.1 Å². The molecule has 0 saturated carbocycles. The molecule has 0 atom stereocenters. The summed E-state index contributed by atoms with van der Waals surface area (Å²) in [5, 5.41) is 2.68. The second kappa shape index (κ2) is 6.09. The van der Waals surface area contributed by atoms with Crippen LogP contribution < -0.4 is 5.32 Å². The lowest BCUT2D eigenvalue weighted by molar-refractivity contribution is -0.159. The Bertz CT molecular complexity index is 616. The second-order valence-corrected chi connectivity index (χ2v) is 5.42. The summed E-state index contributed by atoms with van der Waals surface area (Å²) in [7, 11) is 1.30. The van der Waals surface area contributed by atoms with Crippen LogP contribution in [0.25, 0.3) is 0 Å². The van der Waals surface area contributed by atoms with Crippen molar-refractivity contribution >= 4 is 11.9 Å². The minimum atomic E-state index is -1.10. The maximum atomic E-state index is 12.2. The number of hydrogen-bond donors (Lipinski definition) is 1. The van der Waals surface area contributed by atoms with Gasteiger partial charge in [-0.1, -0.05) is 29.8 Å². The van der Waals surface area contributed by atoms with E-state index < -0.39 is 17.7 Å². The molecule has 0 aromatic heterocycles. The Hall–Kier alpha value is -2.50. The molecule has 1 aromatic carbocycles. The molecule has 1 N–H and O–H groups in total. The van der Waals surface area contributed by atoms with Gasteiger partial charge in [0.2, 0.25) is 11.5 Å². The monoisotopic (exact) mass is 305 g/mol. The van der Waals surface area contributed by atoms with Crippen LogP contribution in [0.5, 0.6) is 0 Å². The number of esters is 1. The van der Waals surface area contributed by atoms with E-state index in [1.165, 1.54) is 7.11 Å². The predicted octanol–water partition coefficient (Wildman–Crippen LogP) is 1.78. The van der Waals surface area contributed by atoms with Crippen LogP contribution in [-0.4, -0.2) is 24.8 Å². The Morgan fingerprint density at radius 1 is 1.23 bits per heavy atom. The normalized spacial score (nSPS) is 18.3. The molecule has 1 saturated heterocycles. The molecule has 22 heavy (non-hydrogen) atoms. The topological polar surface area (TPSA) is 73.9 Å². The molecular formula is C16H19NO5. The fourth-order valence-corrected chi connectivity index (χ4v) is 1.97. The largest absolute Gasteiger partial charge is 0.488 e. The fourth-order valence-electron chi connectivity index (χ4n) is 1.97. The standard InChI is InChI=1S/C16H19NO5/c1-10-5-7-11(8-6-10)9-17-14(18)12(20-4)13-15(19)22-16(2,3)21-13/h5-8H,9H2,1-4H3,(H,17,18). The van der Waals surface area contributed by atoms with E-state index in [4.69, 9.17) is 14.2 Å². The summed E-state index contributed by atoms with van der Waals surface area (Å²) >= 11 is 0. The fraction of sp³-hybridized carbons (Fsp3) is 0.375. The summed E-state index contributed by atoms with van der Waals surface area (Å²) in [4.78, 5) is 23.9. The Balaban J connectivity index is 2.09. The highest BCUT2D eigenvalue weighted by molar-refractivity contribution is 6.00. The van der Waals surface area contributed by atoms with Crippen molar-refractivity contribution in [3.05, 3.63) is 46.9 Å². The molecule has 2 rings (SSSR count). The number of methoxy groups -OCH3 is 1. The molecule has 118 valence electrons. The van der Waals surface area contributed by atoms with Gasteiger partial charge in [0.25, 0.3) is 11.7 Å². The van der Waals surface area contributed by atoms with Gasteiger partial charge in [-0.15, -0.1) is 0 Å². The lowest BCUT2D eigenvalue weighted by Gasteiger charge is -2.14. The third-order valence-corrected chi connectivity index (χ3v) is 3.06. The van der Waals surface area contributed by atoms with Gasteiger partial charge >= 0.3 is 5.97 Å². The summed E-state index contributed by atoms with van der Waals surface area (Å²) in [5.74, 6) is -2.76. The maximum Gasteiger partial charge on any atom is 0.381 e. The van der Waals surface area contributed by atoms with Gasteiger partial charge in [-0.25, -0.2) is 4.79 Å². The van der Waals surface area contributed by atoms with Crippen LogP contribution in [0.15, 0.2) is 35.8 Å². The molecule has 0 radical (unpaired) electrons. The number of benzene rings is 1. The highest BCUT2D eigenvalue weighted by Crippen LogP contribution is 2.28. The number of carbonyl (C=O) groups excluding carboxylic acids is 2. The number of nitrogens with one attached hydrogen (secondary N) is 1. The third kappa shape index (κ3) is 3.58. The molecule has 1 heterocycles. The van der Waals surface area contributed by atoms with Crippen molar-refractivity contribution in [2.75, 3.05) is 7.11 Å². The van der Waals surface area contributed by atoms with E-state index in [1.54, 1.807) is 13.8 Å². The van der Waals surface area contributed by atoms with E-state index in [0.29, 0.717) is 6.54 Å². The number of ether oxygens (including phenoxy) is 3. The summed E-state index contributed by atoms with van der Waals surface area (Å²) < 4.78 is 15.3. The molecule has 6 nitrogen and oxygen atoms in total. The lowest BCUT2D eigenvalue weighted by Crippen LogP contribution is -2.27. The van der Waals surface area contributed by atoms with Crippen molar-refractivity contribution in [3.8, 4) is 0 Å². The van der Waals surface area contributed by atoms with E-state index in [1.807, 2.05) is 31.2 Å². The van der Waals surface area contributed by atoms with E-state index in [0.717, 1.165) is 11.1 Å². The first kappa shape index (κ1) is 15.9. The summed E-state index contributed by atoms with van der Waals surface area (Å²) in [6, 6.07) is 7.74. The Kier molecular flexibility index (Phi) is 4.40. The maximum absolute atomic E-state index is 12.2. The minimum absolute atomic E-state index is 0.192. The Morgan fingerprint density at radius 3 is 2.36 bits per heavy atom. The molecule has 1 amide bonds. The average molecular weight is 305 g/mol. The van der Waals surface area contributed by atoms with Gasteiger partial charge in [-0.3, -0.25) is 4.79 Å². The van der Waals surface area contributed by atoms with E-state index in [9.17, 15) is 9.59 Å². The SMILES string of the molecule is COC(C(=O)NCc1ccc(C)cc1)=C1OC(C)(C)OC1=O. The van der Waals surface area contributed by atoms with Gasteiger partial charge in [0.1, 0.15) is 0 Å². The van der Waals surface area contributed by atoms with Gasteiger partial charge < -0.3 is 19.5 Å². The quantitative estimate of drug-likeness (QED) is 0.521. The summed E-state index contributed by atoms with van der Waals surface area (Å²) in [5.41, 5.74) is 2.08. The average Bonchev–Trinajstić information content (AvgIpc) is 2.72. The molecular weight excluding hydrogens is 286 g/mol. The third-order valence-electron chi connectivity index (χ3n) is 3.06. The zero-order valence-electron chi connectivity index (χ0n) is 13.1. The number of rotatable bonds is 4. The van der Waals surface area contributed by atoms with Crippen molar-refractivity contribution in [1.29, 1.82) is 0 Å². The van der Waals surface area contributed by atoms with Crippen LogP contribution in [-0.2, 0) is 30.3 Å². The van der Waals surface area contributed by atoms with Crippen LogP contribution in [0.3, 0.4) is 0 Å². The lowest BCUT2D eigenvalue weighted by atomic mass is 10.1. The molecule has 1 aliphatic rings. The van der Waals surface area contributed by atoms with Crippen LogP contribution in [0.2, 0.25) is 0 Å². The van der Waals surface area contributed by atoms with Crippen molar-refractivity contribution in [2.24, 2.45) is 0 Å². The molecule has 0 aliphatic carbocycles. The van der Waals surface area contributed by atoms with Gasteiger partial charge in [-0.05, 0) is 12.5 Å². The molecule has 0 spiro atoms. The van der Waals surface area contributed by atoms with Crippen LogP contribution in [0, 0.1) is 6.92 Å². The first-order valence-electron chi connectivity index (χ1n) is 6.87. The first-order valence-corrected chi connectivity index (χ1v) is 6.87. The van der Waals surface area contributed by atoms with Gasteiger partial charge in [0.15, 0.2) is 0 Å². The smallest absolute Gasteiger partial charge is 0.381 e. The molecule has 0 unspecified atom stereocenters. The van der Waals surface area contributed by atoms with E-state index in [-0.39, 0.29) is 11.5 Å². The minimum Gasteiger partial charge on any atom is -0.488 e. The highest BCUT2D eigenvalue weighted by Gasteiger charge is 2.41. The van der Waals surface area contributed by atoms with Gasteiger partial charge in [-0.2, -0.15) is 0 Å². The van der Waals surface area contributed by atoms with Crippen LogP contribution >= 0.6 is 0 Å². The van der Waals surface area contributed by atoms with Gasteiger partial charge in [0, 0.05) is 20.4 Å². The number of carbonyl (C=O) groups is 2. The zero-order chi connectivity index (χ0) is 16.3. The second-order valence-electron chi connectivity index (χ2n) is 5.42. The molecule has 1 aromatic rings. The van der Waals surface area contributed by atoms with Gasteiger partial charge in [0.05, 0.1) is 7.11 Å². The summed E-state index contributed by atoms with van der Waals surface area (Å²) in [6.07, 6.45) is 0. The van der Waals surface area contributed by atoms with Crippen LogP contribution in [0.4, 0.5) is 0 Å². The van der Waals surface area contributed by atoms with Crippen molar-refractivity contribution in [3.63, 3.8) is 0 Å². The molecule has 6 heteroatoms.